The maximum Gasteiger partial charge on any atom is 0.397 e. The molecule has 0 saturated carbocycles. The maximum absolute atomic E-state index is 6.61. The van der Waals surface area contributed by atoms with E-state index in [1.807, 2.05) is 0 Å². The van der Waals surface area contributed by atoms with Crippen LogP contribution in [0.15, 0.2) is 24.3 Å². The van der Waals surface area contributed by atoms with Gasteiger partial charge < -0.3 is 22.6 Å². The van der Waals surface area contributed by atoms with Gasteiger partial charge in [-0.05, 0) is 46.6 Å². The molecule has 2 aliphatic heterocycles. The van der Waals surface area contributed by atoms with Crippen LogP contribution in [-0.4, -0.2) is 26.4 Å². The molecule has 234 valence electrons. The van der Waals surface area contributed by atoms with Gasteiger partial charge in [0, 0.05) is 16.4 Å². The molecule has 0 N–H and O–H groups in total. The third-order valence-corrected chi connectivity index (χ3v) is 10.6. The largest absolute Gasteiger partial charge is 0.426 e. The Hall–Kier alpha value is -1.06. The molecule has 2 aliphatic rings. The van der Waals surface area contributed by atoms with Crippen LogP contribution < -0.4 is 9.83 Å². The van der Waals surface area contributed by atoms with Crippen LogP contribution in [0.2, 0.25) is 0 Å². The average Bonchev–Trinajstić information content (AvgIpc) is 2.84. The minimum Gasteiger partial charge on any atom is -0.426 e. The summed E-state index contributed by atoms with van der Waals surface area (Å²) in [5.41, 5.74) is 6.94. The Morgan fingerprint density at radius 1 is 0.548 bits per heavy atom. The van der Waals surface area contributed by atoms with Crippen molar-refractivity contribution in [2.45, 2.75) is 119 Å². The van der Waals surface area contributed by atoms with E-state index in [-0.39, 0.29) is 27.1 Å². The fraction of sp³-hybridized carbons (Fsp3) is 0.657. The molecule has 2 heterocycles. The van der Waals surface area contributed by atoms with Crippen LogP contribution >= 0.6 is 17.0 Å². The summed E-state index contributed by atoms with van der Waals surface area (Å²) in [6.07, 6.45) is 0. The van der Waals surface area contributed by atoms with E-state index < -0.39 is 17.0 Å². The van der Waals surface area contributed by atoms with E-state index in [4.69, 9.17) is 22.6 Å². The smallest absolute Gasteiger partial charge is 0.397 e. The first-order valence-corrected chi connectivity index (χ1v) is 17.5. The molecule has 2 aromatic carbocycles. The summed E-state index contributed by atoms with van der Waals surface area (Å²) < 4.78 is 32.5. The van der Waals surface area contributed by atoms with Crippen molar-refractivity contribution in [3.05, 3.63) is 57.6 Å². The van der Waals surface area contributed by atoms with E-state index in [1.54, 1.807) is 0 Å². The second-order valence-electron chi connectivity index (χ2n) is 16.6. The molecular weight excluding hydrogens is 562 g/mol. The minimum absolute atomic E-state index is 0.0242. The van der Waals surface area contributed by atoms with Crippen LogP contribution in [0, 0.1) is 19.3 Å². The zero-order chi connectivity index (χ0) is 31.5. The third-order valence-electron chi connectivity index (χ3n) is 8.00. The van der Waals surface area contributed by atoms with E-state index in [0.717, 1.165) is 5.75 Å². The second kappa shape index (κ2) is 11.7. The summed E-state index contributed by atoms with van der Waals surface area (Å²) in [6.45, 7) is 33.4. The summed E-state index contributed by atoms with van der Waals surface area (Å²) in [7, 11) is -2.77. The predicted octanol–water partition coefficient (Wildman–Crippen LogP) is 9.82. The van der Waals surface area contributed by atoms with Crippen molar-refractivity contribution in [1.29, 1.82) is 0 Å². The van der Waals surface area contributed by atoms with E-state index in [2.05, 4.69) is 121 Å². The van der Waals surface area contributed by atoms with Crippen LogP contribution in [0.25, 0.3) is 0 Å². The third kappa shape index (κ3) is 7.42. The highest BCUT2D eigenvalue weighted by atomic mass is 31.2. The van der Waals surface area contributed by atoms with E-state index in [0.29, 0.717) is 26.4 Å². The zero-order valence-corrected chi connectivity index (χ0v) is 30.4. The van der Waals surface area contributed by atoms with Gasteiger partial charge in [-0.3, -0.25) is 0 Å². The van der Waals surface area contributed by atoms with Crippen molar-refractivity contribution in [2.75, 3.05) is 26.4 Å². The molecule has 5 nitrogen and oxygen atoms in total. The van der Waals surface area contributed by atoms with Gasteiger partial charge in [-0.2, -0.15) is 0 Å². The summed E-state index contributed by atoms with van der Waals surface area (Å²) >= 11 is 0. The zero-order valence-electron chi connectivity index (χ0n) is 28.6. The number of hydrogen-bond donors (Lipinski definition) is 0. The van der Waals surface area contributed by atoms with Crippen molar-refractivity contribution in [1.82, 2.24) is 0 Å². The van der Waals surface area contributed by atoms with E-state index in [1.165, 1.54) is 38.7 Å². The quantitative estimate of drug-likeness (QED) is 0.321. The Labute approximate surface area is 258 Å². The summed E-state index contributed by atoms with van der Waals surface area (Å²) in [6, 6.07) is 9.09. The lowest BCUT2D eigenvalue weighted by molar-refractivity contribution is -0.0591. The first kappa shape index (κ1) is 33.8. The maximum atomic E-state index is 6.61. The van der Waals surface area contributed by atoms with Gasteiger partial charge in [-0.1, -0.05) is 118 Å². The molecule has 2 fully saturated rings. The lowest BCUT2D eigenvalue weighted by atomic mass is 9.78. The standard InChI is InChI=1S/C35H54O5P2/c1-23-15-25(31(3,4)5)29(26(16-23)32(6,7)8)40-42-38-21-35(22-39-42)19-36-41(37-20-35)30-27(33(9,10)11)17-24(2)18-28(30)34(12,13)14/h15-18H,19-22H2,1-14H3. The lowest BCUT2D eigenvalue weighted by Crippen LogP contribution is -2.46. The number of rotatable bonds is 3. The van der Waals surface area contributed by atoms with Crippen molar-refractivity contribution in [2.24, 2.45) is 5.41 Å². The van der Waals surface area contributed by atoms with Gasteiger partial charge in [0.05, 0.1) is 31.8 Å². The molecule has 7 heteroatoms. The molecule has 0 aliphatic carbocycles. The van der Waals surface area contributed by atoms with Crippen molar-refractivity contribution in [3.8, 4) is 5.75 Å². The predicted molar refractivity (Wildman–Crippen MR) is 178 cm³/mol. The van der Waals surface area contributed by atoms with Crippen LogP contribution in [0.1, 0.15) is 116 Å². The van der Waals surface area contributed by atoms with Crippen LogP contribution in [-0.2, 0) is 39.8 Å². The number of aryl methyl sites for hydroxylation is 2. The molecule has 42 heavy (non-hydrogen) atoms. The highest BCUT2D eigenvalue weighted by Gasteiger charge is 2.46. The second-order valence-corrected chi connectivity index (χ2v) is 19.2. The SMILES string of the molecule is Cc1cc(C(C)(C)C)c(OP2OCC3(CO2)COP(c2c(C(C)(C)C)cc(C)cc2C(C)(C)C)OC3)c(C(C)(C)C)c1. The molecule has 0 aromatic heterocycles. The lowest BCUT2D eigenvalue weighted by Gasteiger charge is -2.44. The fourth-order valence-corrected chi connectivity index (χ4v) is 9.05. The topological polar surface area (TPSA) is 46.2 Å². The molecule has 2 aromatic rings. The highest BCUT2D eigenvalue weighted by Crippen LogP contribution is 2.55. The Bertz CT molecular complexity index is 1200. The van der Waals surface area contributed by atoms with Crippen LogP contribution in [0.3, 0.4) is 0 Å². The molecule has 1 spiro atoms. The molecule has 0 radical (unpaired) electrons. The first-order chi connectivity index (χ1) is 19.1. The molecule has 4 rings (SSSR count). The van der Waals surface area contributed by atoms with Gasteiger partial charge in [-0.25, -0.2) is 0 Å². The van der Waals surface area contributed by atoms with Crippen molar-refractivity contribution < 1.29 is 22.6 Å². The van der Waals surface area contributed by atoms with Crippen LogP contribution in [0.5, 0.6) is 5.75 Å². The monoisotopic (exact) mass is 616 g/mol. The van der Waals surface area contributed by atoms with Gasteiger partial charge in [0.2, 0.25) is 8.38 Å². The molecule has 0 unspecified atom stereocenters. The van der Waals surface area contributed by atoms with E-state index in [9.17, 15) is 0 Å². The van der Waals surface area contributed by atoms with E-state index >= 15 is 0 Å². The minimum atomic E-state index is -1.54. The molecule has 0 amide bonds. The normalized spacial score (nSPS) is 24.2. The van der Waals surface area contributed by atoms with Gasteiger partial charge in [-0.15, -0.1) is 0 Å². The Morgan fingerprint density at radius 2 is 0.881 bits per heavy atom. The van der Waals surface area contributed by atoms with Crippen molar-refractivity contribution in [3.63, 3.8) is 0 Å². The number of hydrogen-bond acceptors (Lipinski definition) is 5. The highest BCUT2D eigenvalue weighted by molar-refractivity contribution is 7.56. The fourth-order valence-electron chi connectivity index (χ4n) is 5.46. The average molecular weight is 617 g/mol. The Morgan fingerprint density at radius 3 is 1.24 bits per heavy atom. The van der Waals surface area contributed by atoms with Crippen LogP contribution in [0.4, 0.5) is 0 Å². The Balaban J connectivity index is 1.52. The molecule has 0 atom stereocenters. The van der Waals surface area contributed by atoms with Gasteiger partial charge in [0.25, 0.3) is 0 Å². The first-order valence-electron chi connectivity index (χ1n) is 15.2. The molecule has 0 bridgehead atoms. The molecule has 2 saturated heterocycles. The summed E-state index contributed by atoms with van der Waals surface area (Å²) in [4.78, 5) is 0. The Kier molecular flexibility index (Phi) is 9.42. The van der Waals surface area contributed by atoms with Crippen molar-refractivity contribution >= 4 is 22.3 Å². The number of benzene rings is 2. The summed E-state index contributed by atoms with van der Waals surface area (Å²) in [5, 5.41) is 1.23. The summed E-state index contributed by atoms with van der Waals surface area (Å²) in [5.74, 6) is 0.895. The molecular formula is C35H54O5P2. The van der Waals surface area contributed by atoms with Gasteiger partial charge in [0.1, 0.15) is 5.75 Å². The van der Waals surface area contributed by atoms with Gasteiger partial charge in [0.15, 0.2) is 0 Å². The van der Waals surface area contributed by atoms with Gasteiger partial charge >= 0.3 is 8.60 Å².